The monoisotopic (exact) mass is 142 g/mol. The van der Waals surface area contributed by atoms with Crippen LogP contribution in [0.25, 0.3) is 0 Å². The zero-order valence-electron chi connectivity index (χ0n) is 7.69. The Bertz CT molecular complexity index is 125. The Morgan fingerprint density at radius 3 is 2.00 bits per heavy atom. The number of ketones is 1. The summed E-state index contributed by atoms with van der Waals surface area (Å²) in [6.45, 7) is 10.1. The minimum Gasteiger partial charge on any atom is -0.300 e. The summed E-state index contributed by atoms with van der Waals surface area (Å²) in [6, 6.07) is 0. The second-order valence-electron chi connectivity index (χ2n) is 3.67. The summed E-state index contributed by atoms with van der Waals surface area (Å²) >= 11 is 0. The van der Waals surface area contributed by atoms with Gasteiger partial charge in [-0.2, -0.15) is 0 Å². The minimum absolute atomic E-state index is 0.172. The SMILES string of the molecule is CCC(C)(C)C(C)C(C)=O. The fourth-order valence-electron chi connectivity index (χ4n) is 0.856. The van der Waals surface area contributed by atoms with Crippen LogP contribution in [0.3, 0.4) is 0 Å². The maximum Gasteiger partial charge on any atom is 0.133 e. The van der Waals surface area contributed by atoms with Gasteiger partial charge in [0.2, 0.25) is 0 Å². The third kappa shape index (κ3) is 2.13. The number of carbonyl (C=O) groups excluding carboxylic acids is 1. The lowest BCUT2D eigenvalue weighted by atomic mass is 9.76. The molecule has 0 saturated carbocycles. The molecule has 0 fully saturated rings. The van der Waals surface area contributed by atoms with E-state index >= 15 is 0 Å². The molecule has 0 aliphatic carbocycles. The van der Waals surface area contributed by atoms with Gasteiger partial charge >= 0.3 is 0 Å². The van der Waals surface area contributed by atoms with Crippen molar-refractivity contribution in [3.8, 4) is 0 Å². The normalized spacial score (nSPS) is 14.9. The van der Waals surface area contributed by atoms with Crippen LogP contribution in [0.1, 0.15) is 41.0 Å². The molecule has 0 rings (SSSR count). The van der Waals surface area contributed by atoms with E-state index in [4.69, 9.17) is 0 Å². The van der Waals surface area contributed by atoms with Gasteiger partial charge in [-0.25, -0.2) is 0 Å². The van der Waals surface area contributed by atoms with Crippen molar-refractivity contribution >= 4 is 5.78 Å². The Kier molecular flexibility index (Phi) is 3.07. The Morgan fingerprint density at radius 1 is 1.50 bits per heavy atom. The molecule has 1 nitrogen and oxygen atoms in total. The highest BCUT2D eigenvalue weighted by Gasteiger charge is 2.26. The summed E-state index contributed by atoms with van der Waals surface area (Å²) in [5, 5.41) is 0. The Morgan fingerprint density at radius 2 is 1.90 bits per heavy atom. The zero-order valence-corrected chi connectivity index (χ0v) is 7.69. The van der Waals surface area contributed by atoms with E-state index in [0.29, 0.717) is 5.78 Å². The van der Waals surface area contributed by atoms with Crippen LogP contribution in [0.4, 0.5) is 0 Å². The van der Waals surface area contributed by atoms with E-state index in [1.165, 1.54) is 0 Å². The second-order valence-corrected chi connectivity index (χ2v) is 3.67. The standard InChI is InChI=1S/C9H18O/c1-6-9(4,5)7(2)8(3)10/h7H,6H2,1-5H3. The van der Waals surface area contributed by atoms with E-state index in [0.717, 1.165) is 6.42 Å². The van der Waals surface area contributed by atoms with Crippen molar-refractivity contribution in [2.75, 3.05) is 0 Å². The minimum atomic E-state index is 0.172. The van der Waals surface area contributed by atoms with Crippen LogP contribution in [-0.2, 0) is 4.79 Å². The first kappa shape index (κ1) is 9.67. The lowest BCUT2D eigenvalue weighted by Gasteiger charge is -2.28. The number of hydrogen-bond acceptors (Lipinski definition) is 1. The molecule has 0 aromatic rings. The van der Waals surface area contributed by atoms with Crippen LogP contribution in [0.15, 0.2) is 0 Å². The van der Waals surface area contributed by atoms with Crippen molar-refractivity contribution in [3.63, 3.8) is 0 Å². The molecule has 1 heteroatoms. The van der Waals surface area contributed by atoms with Gasteiger partial charge in [0.25, 0.3) is 0 Å². The molecular weight excluding hydrogens is 124 g/mol. The lowest BCUT2D eigenvalue weighted by Crippen LogP contribution is -2.26. The fraction of sp³-hybridized carbons (Fsp3) is 0.889. The molecule has 60 valence electrons. The Hall–Kier alpha value is -0.330. The first-order valence-corrected chi connectivity index (χ1v) is 3.92. The number of carbonyl (C=O) groups is 1. The van der Waals surface area contributed by atoms with Crippen molar-refractivity contribution in [2.24, 2.45) is 11.3 Å². The average molecular weight is 142 g/mol. The third-order valence-corrected chi connectivity index (χ3v) is 2.69. The number of rotatable bonds is 3. The summed E-state index contributed by atoms with van der Waals surface area (Å²) < 4.78 is 0. The first-order chi connectivity index (χ1) is 4.41. The highest BCUT2D eigenvalue weighted by atomic mass is 16.1. The Labute approximate surface area is 63.8 Å². The molecule has 0 bridgehead atoms. The van der Waals surface area contributed by atoms with E-state index in [9.17, 15) is 4.79 Å². The summed E-state index contributed by atoms with van der Waals surface area (Å²) in [5.74, 6) is 0.490. The Balaban J connectivity index is 4.17. The van der Waals surface area contributed by atoms with Gasteiger partial charge in [0.05, 0.1) is 0 Å². The van der Waals surface area contributed by atoms with Crippen LogP contribution in [0, 0.1) is 11.3 Å². The molecule has 0 aromatic carbocycles. The van der Waals surface area contributed by atoms with Gasteiger partial charge < -0.3 is 0 Å². The van der Waals surface area contributed by atoms with Gasteiger partial charge in [0, 0.05) is 5.92 Å². The van der Waals surface area contributed by atoms with Crippen molar-refractivity contribution < 1.29 is 4.79 Å². The van der Waals surface area contributed by atoms with Gasteiger partial charge in [0.15, 0.2) is 0 Å². The smallest absolute Gasteiger partial charge is 0.133 e. The molecule has 0 aliphatic rings. The van der Waals surface area contributed by atoms with E-state index in [1.54, 1.807) is 6.92 Å². The van der Waals surface area contributed by atoms with Crippen molar-refractivity contribution in [1.82, 2.24) is 0 Å². The zero-order chi connectivity index (χ0) is 8.36. The number of Topliss-reactive ketones (excluding diaryl/α,β-unsaturated/α-hetero) is 1. The molecule has 0 heterocycles. The molecule has 10 heavy (non-hydrogen) atoms. The average Bonchev–Trinajstić information content (AvgIpc) is 1.86. The molecule has 1 atom stereocenters. The van der Waals surface area contributed by atoms with E-state index in [2.05, 4.69) is 20.8 Å². The van der Waals surface area contributed by atoms with E-state index < -0.39 is 0 Å². The van der Waals surface area contributed by atoms with Crippen molar-refractivity contribution in [3.05, 3.63) is 0 Å². The van der Waals surface area contributed by atoms with Gasteiger partial charge in [-0.3, -0.25) is 4.79 Å². The van der Waals surface area contributed by atoms with Crippen LogP contribution in [0.2, 0.25) is 0 Å². The second kappa shape index (κ2) is 3.18. The van der Waals surface area contributed by atoms with Crippen molar-refractivity contribution in [2.45, 2.75) is 41.0 Å². The highest BCUT2D eigenvalue weighted by Crippen LogP contribution is 2.30. The van der Waals surface area contributed by atoms with Crippen LogP contribution in [0.5, 0.6) is 0 Å². The highest BCUT2D eigenvalue weighted by molar-refractivity contribution is 5.78. The summed E-state index contributed by atoms with van der Waals surface area (Å²) in [7, 11) is 0. The predicted molar refractivity (Wildman–Crippen MR) is 43.9 cm³/mol. The molecule has 0 amide bonds. The molecule has 0 N–H and O–H groups in total. The number of hydrogen-bond donors (Lipinski definition) is 0. The summed E-state index contributed by atoms with van der Waals surface area (Å²) in [6.07, 6.45) is 1.06. The first-order valence-electron chi connectivity index (χ1n) is 3.92. The largest absolute Gasteiger partial charge is 0.300 e. The maximum atomic E-state index is 10.9. The maximum absolute atomic E-state index is 10.9. The molecule has 0 aromatic heterocycles. The molecule has 0 saturated heterocycles. The van der Waals surface area contributed by atoms with Gasteiger partial charge in [0.1, 0.15) is 5.78 Å². The summed E-state index contributed by atoms with van der Waals surface area (Å²) in [5.41, 5.74) is 0.172. The van der Waals surface area contributed by atoms with Crippen LogP contribution in [-0.4, -0.2) is 5.78 Å². The molecule has 1 unspecified atom stereocenters. The van der Waals surface area contributed by atoms with E-state index in [1.807, 2.05) is 6.92 Å². The van der Waals surface area contributed by atoms with E-state index in [-0.39, 0.29) is 11.3 Å². The van der Waals surface area contributed by atoms with Crippen LogP contribution < -0.4 is 0 Å². The van der Waals surface area contributed by atoms with Gasteiger partial charge in [-0.1, -0.05) is 34.1 Å². The third-order valence-electron chi connectivity index (χ3n) is 2.69. The quantitative estimate of drug-likeness (QED) is 0.592. The fourth-order valence-corrected chi connectivity index (χ4v) is 0.856. The predicted octanol–water partition coefficient (Wildman–Crippen LogP) is 2.65. The van der Waals surface area contributed by atoms with Gasteiger partial charge in [-0.15, -0.1) is 0 Å². The molecule has 0 radical (unpaired) electrons. The molecular formula is C9H18O. The van der Waals surface area contributed by atoms with Gasteiger partial charge in [-0.05, 0) is 12.3 Å². The van der Waals surface area contributed by atoms with Crippen molar-refractivity contribution in [1.29, 1.82) is 0 Å². The van der Waals surface area contributed by atoms with Crippen LogP contribution >= 0.6 is 0 Å². The lowest BCUT2D eigenvalue weighted by molar-refractivity contribution is -0.123. The molecule has 0 aliphatic heterocycles. The summed E-state index contributed by atoms with van der Waals surface area (Å²) in [4.78, 5) is 10.9. The topological polar surface area (TPSA) is 17.1 Å². The molecule has 0 spiro atoms.